The number of carbonyl (C=O) groups is 1. The summed E-state index contributed by atoms with van der Waals surface area (Å²) in [5.41, 5.74) is 0.987. The van der Waals surface area contributed by atoms with E-state index in [0.29, 0.717) is 24.9 Å². The first kappa shape index (κ1) is 15.5. The number of aryl methyl sites for hydroxylation is 1. The van der Waals surface area contributed by atoms with Crippen LogP contribution in [0.1, 0.15) is 24.0 Å². The van der Waals surface area contributed by atoms with Gasteiger partial charge >= 0.3 is 0 Å². The molecule has 0 fully saturated rings. The van der Waals surface area contributed by atoms with E-state index in [2.05, 4.69) is 5.32 Å². The third kappa shape index (κ3) is 2.58. The van der Waals surface area contributed by atoms with Crippen molar-refractivity contribution >= 4 is 11.6 Å². The Morgan fingerprint density at radius 2 is 1.65 bits per heavy atom. The van der Waals surface area contributed by atoms with Gasteiger partial charge in [0.05, 0.1) is 0 Å². The lowest BCUT2D eigenvalue weighted by molar-refractivity contribution is -0.116. The molecule has 0 bridgehead atoms. The Hall–Kier alpha value is -2.37. The lowest BCUT2D eigenvalue weighted by Gasteiger charge is -2.13. The van der Waals surface area contributed by atoms with Crippen molar-refractivity contribution in [2.45, 2.75) is 26.2 Å². The summed E-state index contributed by atoms with van der Waals surface area (Å²) < 4.78 is 54.7. The summed E-state index contributed by atoms with van der Waals surface area (Å²) in [6.07, 6.45) is 1.57. The number of anilines is 1. The largest absolute Gasteiger partial charge is 0.326 e. The van der Waals surface area contributed by atoms with Crippen molar-refractivity contribution in [1.29, 1.82) is 0 Å². The molecule has 3 rings (SSSR count). The van der Waals surface area contributed by atoms with Crippen molar-refractivity contribution < 1.29 is 22.4 Å². The fourth-order valence-electron chi connectivity index (χ4n) is 2.81. The molecular formula is C17H13F4NO. The zero-order chi connectivity index (χ0) is 16.7. The van der Waals surface area contributed by atoms with Crippen LogP contribution in [0, 0.1) is 30.2 Å². The number of nitrogens with one attached hydrogen (secondary N) is 1. The predicted octanol–water partition coefficient (Wildman–Crippen LogP) is 4.49. The summed E-state index contributed by atoms with van der Waals surface area (Å²) in [6, 6.07) is 4.59. The normalized spacial score (nSPS) is 14.2. The second-order valence-corrected chi connectivity index (χ2v) is 5.53. The lowest BCUT2D eigenvalue weighted by atomic mass is 9.95. The fourth-order valence-corrected chi connectivity index (χ4v) is 2.81. The molecule has 1 aliphatic rings. The molecule has 1 heterocycles. The predicted molar refractivity (Wildman–Crippen MR) is 78.0 cm³/mol. The Balaban J connectivity index is 2.17. The SMILES string of the molecule is Cc1c(F)c(F)c(F)c(F)c1-c1ccc2c(c1)CCCC(=O)N2. The average Bonchev–Trinajstić information content (AvgIpc) is 2.71. The molecule has 0 radical (unpaired) electrons. The summed E-state index contributed by atoms with van der Waals surface area (Å²) in [5, 5.41) is 2.72. The number of hydrogen-bond acceptors (Lipinski definition) is 1. The number of halogens is 4. The standard InChI is InChI=1S/C17H13F4NO/c1-8-13(15(19)17(21)16(20)14(8)18)10-5-6-11-9(7-10)3-2-4-12(23)22-11/h5-7H,2-4H2,1H3,(H,22,23). The van der Waals surface area contributed by atoms with Crippen LogP contribution in [-0.4, -0.2) is 5.91 Å². The number of carbonyl (C=O) groups excluding carboxylic acids is 1. The molecule has 1 aliphatic heterocycles. The Morgan fingerprint density at radius 1 is 0.957 bits per heavy atom. The molecule has 6 heteroatoms. The minimum atomic E-state index is -1.83. The maximum Gasteiger partial charge on any atom is 0.224 e. The van der Waals surface area contributed by atoms with Crippen LogP contribution in [0.25, 0.3) is 11.1 Å². The Kier molecular flexibility index (Phi) is 3.83. The number of hydrogen-bond donors (Lipinski definition) is 1. The van der Waals surface area contributed by atoms with Crippen LogP contribution in [0.3, 0.4) is 0 Å². The molecule has 1 amide bonds. The fraction of sp³-hybridized carbons (Fsp3) is 0.235. The highest BCUT2D eigenvalue weighted by atomic mass is 19.2. The molecule has 0 saturated heterocycles. The van der Waals surface area contributed by atoms with Gasteiger partial charge < -0.3 is 5.32 Å². The molecule has 0 aliphatic carbocycles. The van der Waals surface area contributed by atoms with Gasteiger partial charge in [0, 0.05) is 17.7 Å². The lowest BCUT2D eigenvalue weighted by Crippen LogP contribution is -2.09. The van der Waals surface area contributed by atoms with E-state index in [1.165, 1.54) is 13.0 Å². The number of benzene rings is 2. The molecule has 0 unspecified atom stereocenters. The smallest absolute Gasteiger partial charge is 0.224 e. The Morgan fingerprint density at radius 3 is 2.39 bits per heavy atom. The van der Waals surface area contributed by atoms with Gasteiger partial charge in [-0.3, -0.25) is 4.79 Å². The summed E-state index contributed by atoms with van der Waals surface area (Å²) >= 11 is 0. The molecule has 2 aromatic carbocycles. The van der Waals surface area contributed by atoms with Gasteiger partial charge in [0.25, 0.3) is 0 Å². The summed E-state index contributed by atoms with van der Waals surface area (Å²) in [4.78, 5) is 11.5. The summed E-state index contributed by atoms with van der Waals surface area (Å²) in [7, 11) is 0. The molecule has 2 aromatic rings. The van der Waals surface area contributed by atoms with Crippen LogP contribution < -0.4 is 5.32 Å². The second-order valence-electron chi connectivity index (χ2n) is 5.53. The van der Waals surface area contributed by atoms with Crippen LogP contribution in [-0.2, 0) is 11.2 Å². The Labute approximate surface area is 130 Å². The number of amides is 1. The van der Waals surface area contributed by atoms with Crippen molar-refractivity contribution in [2.24, 2.45) is 0 Å². The molecule has 0 spiro atoms. The van der Waals surface area contributed by atoms with Gasteiger partial charge in [0.1, 0.15) is 0 Å². The van der Waals surface area contributed by atoms with Gasteiger partial charge in [-0.15, -0.1) is 0 Å². The third-order valence-corrected chi connectivity index (χ3v) is 4.02. The number of fused-ring (bicyclic) bond motifs is 1. The second kappa shape index (κ2) is 5.68. The quantitative estimate of drug-likeness (QED) is 0.467. The van der Waals surface area contributed by atoms with Crippen molar-refractivity contribution in [2.75, 3.05) is 5.32 Å². The molecule has 23 heavy (non-hydrogen) atoms. The van der Waals surface area contributed by atoms with E-state index in [9.17, 15) is 22.4 Å². The monoisotopic (exact) mass is 323 g/mol. The van der Waals surface area contributed by atoms with Crippen LogP contribution in [0.15, 0.2) is 18.2 Å². The van der Waals surface area contributed by atoms with Gasteiger partial charge in [-0.2, -0.15) is 0 Å². The van der Waals surface area contributed by atoms with Crippen LogP contribution in [0.5, 0.6) is 0 Å². The van der Waals surface area contributed by atoms with Gasteiger partial charge in [0.15, 0.2) is 23.3 Å². The van der Waals surface area contributed by atoms with E-state index in [-0.39, 0.29) is 22.6 Å². The molecule has 0 saturated carbocycles. The molecule has 0 atom stereocenters. The van der Waals surface area contributed by atoms with Gasteiger partial charge in [0.2, 0.25) is 5.91 Å². The maximum absolute atomic E-state index is 14.1. The molecule has 0 aromatic heterocycles. The summed E-state index contributed by atoms with van der Waals surface area (Å²) in [5.74, 6) is -6.57. The van der Waals surface area contributed by atoms with Gasteiger partial charge in [-0.05, 0) is 48.6 Å². The van der Waals surface area contributed by atoms with E-state index in [1.54, 1.807) is 12.1 Å². The van der Waals surface area contributed by atoms with Crippen LogP contribution in [0.4, 0.5) is 23.2 Å². The molecular weight excluding hydrogens is 310 g/mol. The van der Waals surface area contributed by atoms with E-state index < -0.39 is 23.3 Å². The van der Waals surface area contributed by atoms with Gasteiger partial charge in [-0.25, -0.2) is 17.6 Å². The number of rotatable bonds is 1. The highest BCUT2D eigenvalue weighted by molar-refractivity contribution is 5.92. The highest BCUT2D eigenvalue weighted by Gasteiger charge is 2.24. The first-order chi connectivity index (χ1) is 10.9. The minimum Gasteiger partial charge on any atom is -0.326 e. The van der Waals surface area contributed by atoms with Crippen molar-refractivity contribution in [3.63, 3.8) is 0 Å². The van der Waals surface area contributed by atoms with Crippen molar-refractivity contribution in [3.05, 3.63) is 52.6 Å². The maximum atomic E-state index is 14.1. The Bertz CT molecular complexity index is 788. The van der Waals surface area contributed by atoms with E-state index in [4.69, 9.17) is 0 Å². The molecule has 1 N–H and O–H groups in total. The molecule has 2 nitrogen and oxygen atoms in total. The minimum absolute atomic E-state index is 0.113. The zero-order valence-electron chi connectivity index (χ0n) is 12.3. The molecule has 120 valence electrons. The van der Waals surface area contributed by atoms with E-state index in [1.807, 2.05) is 0 Å². The first-order valence-corrected chi connectivity index (χ1v) is 7.16. The summed E-state index contributed by atoms with van der Waals surface area (Å²) in [6.45, 7) is 1.20. The van der Waals surface area contributed by atoms with Crippen LogP contribution >= 0.6 is 0 Å². The van der Waals surface area contributed by atoms with Crippen LogP contribution in [0.2, 0.25) is 0 Å². The topological polar surface area (TPSA) is 29.1 Å². The van der Waals surface area contributed by atoms with Crippen molar-refractivity contribution in [1.82, 2.24) is 0 Å². The van der Waals surface area contributed by atoms with E-state index >= 15 is 0 Å². The van der Waals surface area contributed by atoms with Crippen molar-refractivity contribution in [3.8, 4) is 11.1 Å². The zero-order valence-corrected chi connectivity index (χ0v) is 12.3. The van der Waals surface area contributed by atoms with E-state index in [0.717, 1.165) is 5.56 Å². The highest BCUT2D eigenvalue weighted by Crippen LogP contribution is 2.34. The third-order valence-electron chi connectivity index (χ3n) is 4.02. The average molecular weight is 323 g/mol. The first-order valence-electron chi connectivity index (χ1n) is 7.16. The van der Waals surface area contributed by atoms with Gasteiger partial charge in [-0.1, -0.05) is 6.07 Å².